The van der Waals surface area contributed by atoms with Crippen LogP contribution in [0, 0.1) is 0 Å². The molecule has 2 amide bonds. The number of aryl methyl sites for hydroxylation is 1. The van der Waals surface area contributed by atoms with Crippen LogP contribution in [0.3, 0.4) is 0 Å². The number of hydrogen-bond donors (Lipinski definition) is 0. The number of unbranched alkanes of at least 4 members (excludes halogenated alkanes) is 1. The minimum absolute atomic E-state index is 0.0199. The Hall–Kier alpha value is -2.46. The second kappa shape index (κ2) is 6.61. The van der Waals surface area contributed by atoms with E-state index in [2.05, 4.69) is 4.28 Å². The summed E-state index contributed by atoms with van der Waals surface area (Å²) in [6, 6.07) is 7.78. The van der Waals surface area contributed by atoms with E-state index in [1.807, 2.05) is 6.92 Å². The van der Waals surface area contributed by atoms with E-state index >= 15 is 0 Å². The van der Waals surface area contributed by atoms with Crippen molar-refractivity contribution in [3.63, 3.8) is 0 Å². The maximum Gasteiger partial charge on any atom is 0.525 e. The first kappa shape index (κ1) is 19.3. The number of nitrogens with zero attached hydrogens (tertiary/aromatic N) is 1. The van der Waals surface area contributed by atoms with E-state index in [4.69, 9.17) is 0 Å². The molecule has 0 spiro atoms. The molecule has 0 bridgehead atoms. The molecule has 0 aromatic heterocycles. The number of amides is 2. The lowest BCUT2D eigenvalue weighted by Gasteiger charge is -2.27. The summed E-state index contributed by atoms with van der Waals surface area (Å²) in [6.45, 7) is 1.93. The van der Waals surface area contributed by atoms with E-state index in [0.29, 0.717) is 23.8 Å². The number of hydrogen-bond acceptors (Lipinski definition) is 5. The van der Waals surface area contributed by atoms with Crippen molar-refractivity contribution in [2.24, 2.45) is 0 Å². The third kappa shape index (κ3) is 3.19. The van der Waals surface area contributed by atoms with Gasteiger partial charge >= 0.3 is 15.6 Å². The zero-order valence-corrected chi connectivity index (χ0v) is 14.9. The summed E-state index contributed by atoms with van der Waals surface area (Å²) >= 11 is 0. The lowest BCUT2D eigenvalue weighted by atomic mass is 9.89. The molecule has 27 heavy (non-hydrogen) atoms. The van der Waals surface area contributed by atoms with Crippen LogP contribution in [0.4, 0.5) is 13.2 Å². The molecule has 1 aliphatic rings. The van der Waals surface area contributed by atoms with E-state index < -0.39 is 27.4 Å². The molecule has 1 heterocycles. The minimum atomic E-state index is -6.18. The Kier molecular flexibility index (Phi) is 4.73. The summed E-state index contributed by atoms with van der Waals surface area (Å²) in [4.78, 5) is 25.2. The first-order valence-corrected chi connectivity index (χ1v) is 9.43. The van der Waals surface area contributed by atoms with Crippen LogP contribution < -0.4 is 0 Å². The van der Waals surface area contributed by atoms with Crippen molar-refractivity contribution in [1.29, 1.82) is 0 Å². The van der Waals surface area contributed by atoms with E-state index in [9.17, 15) is 31.2 Å². The normalized spacial score (nSPS) is 14.9. The highest BCUT2D eigenvalue weighted by Crippen LogP contribution is 2.35. The summed E-state index contributed by atoms with van der Waals surface area (Å²) in [6.07, 6.45) is 1.94. The number of carbonyl (C=O) groups is 2. The van der Waals surface area contributed by atoms with Crippen molar-refractivity contribution in [2.75, 3.05) is 0 Å². The molecular weight excluding hydrogens is 387 g/mol. The average Bonchev–Trinajstić information content (AvgIpc) is 2.60. The summed E-state index contributed by atoms with van der Waals surface area (Å²) in [5.74, 6) is -2.50. The van der Waals surface area contributed by atoms with Crippen LogP contribution >= 0.6 is 0 Å². The number of hydroxylamine groups is 2. The smallest absolute Gasteiger partial charge is 0.266 e. The van der Waals surface area contributed by atoms with Crippen LogP contribution in [0.25, 0.3) is 10.8 Å². The lowest BCUT2D eigenvalue weighted by Crippen LogP contribution is -2.44. The van der Waals surface area contributed by atoms with Crippen LogP contribution in [0.1, 0.15) is 46.0 Å². The average molecular weight is 401 g/mol. The molecule has 0 saturated carbocycles. The summed E-state index contributed by atoms with van der Waals surface area (Å²) in [7, 11) is -6.18. The monoisotopic (exact) mass is 401 g/mol. The predicted molar refractivity (Wildman–Crippen MR) is 89.1 cm³/mol. The van der Waals surface area contributed by atoms with Crippen molar-refractivity contribution >= 4 is 32.7 Å². The van der Waals surface area contributed by atoms with E-state index in [0.717, 1.165) is 6.42 Å². The molecule has 144 valence electrons. The molecule has 0 fully saturated rings. The van der Waals surface area contributed by atoms with Crippen LogP contribution in [0.5, 0.6) is 0 Å². The fourth-order valence-corrected chi connectivity index (χ4v) is 3.35. The number of rotatable bonds is 5. The van der Waals surface area contributed by atoms with Gasteiger partial charge in [-0.3, -0.25) is 9.59 Å². The molecule has 1 aliphatic heterocycles. The maximum absolute atomic E-state index is 12.8. The molecule has 0 atom stereocenters. The number of halogens is 3. The van der Waals surface area contributed by atoms with Crippen LogP contribution in [-0.2, 0) is 20.8 Å². The second-order valence-electron chi connectivity index (χ2n) is 5.99. The maximum atomic E-state index is 12.8. The van der Waals surface area contributed by atoms with E-state index in [1.165, 1.54) is 12.1 Å². The number of alkyl halides is 3. The van der Waals surface area contributed by atoms with Gasteiger partial charge in [0.2, 0.25) is 0 Å². The van der Waals surface area contributed by atoms with Gasteiger partial charge in [-0.2, -0.15) is 21.6 Å². The molecule has 0 unspecified atom stereocenters. The molecule has 2 aromatic carbocycles. The summed E-state index contributed by atoms with van der Waals surface area (Å²) < 4.78 is 64.5. The van der Waals surface area contributed by atoms with Gasteiger partial charge in [0, 0.05) is 5.39 Å². The Morgan fingerprint density at radius 1 is 1.07 bits per heavy atom. The number of imide groups is 1. The summed E-state index contributed by atoms with van der Waals surface area (Å²) in [5, 5.41) is 0.503. The van der Waals surface area contributed by atoms with Gasteiger partial charge in [-0.1, -0.05) is 37.6 Å². The Balaban J connectivity index is 2.18. The van der Waals surface area contributed by atoms with Crippen LogP contribution in [-0.4, -0.2) is 30.8 Å². The minimum Gasteiger partial charge on any atom is -0.266 e. The first-order valence-electron chi connectivity index (χ1n) is 8.02. The third-order valence-electron chi connectivity index (χ3n) is 4.20. The molecule has 10 heteroatoms. The van der Waals surface area contributed by atoms with Crippen molar-refractivity contribution in [2.45, 2.75) is 31.7 Å². The number of benzene rings is 2. The van der Waals surface area contributed by atoms with Crippen molar-refractivity contribution in [3.05, 3.63) is 47.0 Å². The van der Waals surface area contributed by atoms with Gasteiger partial charge < -0.3 is 0 Å². The fourth-order valence-electron chi connectivity index (χ4n) is 2.93. The van der Waals surface area contributed by atoms with E-state index in [-0.39, 0.29) is 21.6 Å². The molecule has 0 radical (unpaired) electrons. The Morgan fingerprint density at radius 3 is 2.41 bits per heavy atom. The molecule has 6 nitrogen and oxygen atoms in total. The van der Waals surface area contributed by atoms with E-state index in [1.54, 1.807) is 18.2 Å². The zero-order chi connectivity index (χ0) is 20.0. The molecule has 0 aliphatic carbocycles. The highest BCUT2D eigenvalue weighted by atomic mass is 32.2. The summed E-state index contributed by atoms with van der Waals surface area (Å²) in [5.41, 5.74) is -5.39. The molecule has 2 aromatic rings. The second-order valence-corrected chi connectivity index (χ2v) is 7.51. The Morgan fingerprint density at radius 2 is 1.78 bits per heavy atom. The molecule has 0 N–H and O–H groups in total. The van der Waals surface area contributed by atoms with Crippen molar-refractivity contribution in [1.82, 2.24) is 5.06 Å². The largest absolute Gasteiger partial charge is 0.525 e. The van der Waals surface area contributed by atoms with Crippen molar-refractivity contribution in [3.8, 4) is 0 Å². The Bertz CT molecular complexity index is 1050. The highest BCUT2D eigenvalue weighted by Gasteiger charge is 2.51. The highest BCUT2D eigenvalue weighted by molar-refractivity contribution is 7.87. The molecule has 3 rings (SSSR count). The van der Waals surface area contributed by atoms with Gasteiger partial charge in [0.15, 0.2) is 0 Å². The molecule has 0 saturated heterocycles. The number of carbonyl (C=O) groups excluding carboxylic acids is 2. The zero-order valence-electron chi connectivity index (χ0n) is 14.0. The van der Waals surface area contributed by atoms with Gasteiger partial charge in [-0.15, -0.1) is 9.35 Å². The predicted octanol–water partition coefficient (Wildman–Crippen LogP) is 3.56. The van der Waals surface area contributed by atoms with Gasteiger partial charge in [0.1, 0.15) is 0 Å². The van der Waals surface area contributed by atoms with Gasteiger partial charge in [0.05, 0.1) is 11.1 Å². The SMILES string of the molecule is CCCCc1ccc2cccc3c2c1C(=O)N(OS(=O)(=O)C(F)(F)F)C3=O. The topological polar surface area (TPSA) is 80.8 Å². The van der Waals surface area contributed by atoms with Gasteiger partial charge in [-0.25, -0.2) is 0 Å². The van der Waals surface area contributed by atoms with Gasteiger partial charge in [0.25, 0.3) is 11.8 Å². The third-order valence-corrected chi connectivity index (χ3v) is 5.11. The molecular formula is C17H14F3NO5S. The first-order chi connectivity index (χ1) is 12.6. The van der Waals surface area contributed by atoms with Gasteiger partial charge in [-0.05, 0) is 29.9 Å². The standard InChI is InChI=1S/C17H14F3NO5S/c1-2-3-5-11-9-8-10-6-4-7-12-13(10)14(11)16(23)21(15(12)22)26-27(24,25)17(18,19)20/h4,6-9H,2-3,5H2,1H3. The lowest BCUT2D eigenvalue weighted by molar-refractivity contribution is -0.0761. The van der Waals surface area contributed by atoms with Crippen LogP contribution in [0.15, 0.2) is 30.3 Å². The van der Waals surface area contributed by atoms with Crippen molar-refractivity contribution < 1.29 is 35.5 Å². The fraction of sp³-hybridized carbons (Fsp3) is 0.294. The Labute approximate surface area is 152 Å². The quantitative estimate of drug-likeness (QED) is 0.565. The van der Waals surface area contributed by atoms with Crippen LogP contribution in [0.2, 0.25) is 0 Å².